The molecule has 1 saturated heterocycles. The zero-order valence-corrected chi connectivity index (χ0v) is 12.9. The zero-order valence-electron chi connectivity index (χ0n) is 12.1. The van der Waals surface area contributed by atoms with E-state index in [0.717, 1.165) is 11.8 Å². The second-order valence-electron chi connectivity index (χ2n) is 5.04. The third kappa shape index (κ3) is 3.30. The molecule has 0 spiro atoms. The molecular formula is C15H11F3N2O3S. The van der Waals surface area contributed by atoms with E-state index < -0.39 is 29.6 Å². The Labute approximate surface area is 138 Å². The average Bonchev–Trinajstić information content (AvgIpc) is 3.15. The van der Waals surface area contributed by atoms with Crippen molar-refractivity contribution in [1.29, 1.82) is 0 Å². The number of rotatable bonds is 3. The van der Waals surface area contributed by atoms with E-state index in [1.54, 1.807) is 18.2 Å². The number of thioether (sulfide) groups is 1. The number of halogens is 3. The summed E-state index contributed by atoms with van der Waals surface area (Å²) in [6, 6.07) is 7.14. The summed E-state index contributed by atoms with van der Waals surface area (Å²) in [5.74, 6) is -2.34. The molecule has 0 bridgehead atoms. The molecule has 1 unspecified atom stereocenters. The molecule has 1 aromatic carbocycles. The molecule has 1 fully saturated rings. The molecule has 1 aromatic heterocycles. The molecule has 1 aliphatic rings. The number of alkyl halides is 3. The Morgan fingerprint density at radius 3 is 2.58 bits per heavy atom. The van der Waals surface area contributed by atoms with Crippen LogP contribution in [0.4, 0.5) is 13.2 Å². The molecule has 0 aliphatic carbocycles. The predicted molar refractivity (Wildman–Crippen MR) is 80.3 cm³/mol. The van der Waals surface area contributed by atoms with Gasteiger partial charge in [0.15, 0.2) is 5.69 Å². The fourth-order valence-electron chi connectivity index (χ4n) is 2.22. The maximum atomic E-state index is 13.1. The van der Waals surface area contributed by atoms with Crippen molar-refractivity contribution in [3.8, 4) is 11.5 Å². The van der Waals surface area contributed by atoms with Crippen LogP contribution in [0.5, 0.6) is 0 Å². The number of nitrogens with one attached hydrogen (secondary N) is 1. The van der Waals surface area contributed by atoms with Crippen molar-refractivity contribution in [2.24, 2.45) is 0 Å². The summed E-state index contributed by atoms with van der Waals surface area (Å²) >= 11 is 1.03. The lowest BCUT2D eigenvalue weighted by atomic mass is 10.2. The minimum Gasteiger partial charge on any atom is -0.431 e. The molecule has 5 nitrogen and oxygen atoms in total. The molecule has 3 rings (SSSR count). The summed E-state index contributed by atoms with van der Waals surface area (Å²) in [6.07, 6.45) is -4.50. The Hall–Kier alpha value is -2.29. The van der Waals surface area contributed by atoms with Crippen LogP contribution in [0.15, 0.2) is 34.7 Å². The first-order chi connectivity index (χ1) is 11.4. The number of benzene rings is 1. The van der Waals surface area contributed by atoms with Crippen LogP contribution in [-0.4, -0.2) is 27.8 Å². The molecule has 9 heteroatoms. The smallest absolute Gasteiger partial charge is 0.431 e. The van der Waals surface area contributed by atoms with Gasteiger partial charge in [0, 0.05) is 11.3 Å². The topological polar surface area (TPSA) is 72.2 Å². The molecule has 0 saturated carbocycles. The third-order valence-corrected chi connectivity index (χ3v) is 4.37. The summed E-state index contributed by atoms with van der Waals surface area (Å²) in [6.45, 7) is 0. The average molecular weight is 356 g/mol. The number of carbonyl (C=O) groups is 2. The van der Waals surface area contributed by atoms with Crippen molar-refractivity contribution in [2.75, 3.05) is 5.75 Å². The van der Waals surface area contributed by atoms with Gasteiger partial charge in [-0.1, -0.05) is 30.0 Å². The van der Waals surface area contributed by atoms with E-state index in [9.17, 15) is 22.8 Å². The Balaban J connectivity index is 1.95. The predicted octanol–water partition coefficient (Wildman–Crippen LogP) is 3.12. The third-order valence-electron chi connectivity index (χ3n) is 3.36. The number of hydrogen-bond donors (Lipinski definition) is 1. The van der Waals surface area contributed by atoms with Crippen LogP contribution < -0.4 is 5.32 Å². The quantitative estimate of drug-likeness (QED) is 0.915. The van der Waals surface area contributed by atoms with Crippen molar-refractivity contribution in [1.82, 2.24) is 10.3 Å². The molecule has 2 aromatic rings. The fourth-order valence-corrected chi connectivity index (χ4v) is 3.16. The number of hydrogen-bond acceptors (Lipinski definition) is 5. The Kier molecular flexibility index (Phi) is 4.35. The van der Waals surface area contributed by atoms with Gasteiger partial charge >= 0.3 is 6.18 Å². The number of nitrogens with zero attached hydrogens (tertiary/aromatic N) is 1. The second-order valence-corrected chi connectivity index (χ2v) is 6.14. The van der Waals surface area contributed by atoms with E-state index in [2.05, 4.69) is 10.3 Å². The van der Waals surface area contributed by atoms with E-state index >= 15 is 0 Å². The summed E-state index contributed by atoms with van der Waals surface area (Å²) in [5.41, 5.74) is -0.555. The molecule has 126 valence electrons. The van der Waals surface area contributed by atoms with E-state index in [4.69, 9.17) is 4.42 Å². The highest BCUT2D eigenvalue weighted by Crippen LogP contribution is 2.35. The van der Waals surface area contributed by atoms with E-state index in [1.165, 1.54) is 12.1 Å². The van der Waals surface area contributed by atoms with Gasteiger partial charge in [-0.25, -0.2) is 4.98 Å². The van der Waals surface area contributed by atoms with E-state index in [0.29, 0.717) is 17.7 Å². The number of amides is 1. The number of aromatic nitrogens is 1. The molecule has 24 heavy (non-hydrogen) atoms. The van der Waals surface area contributed by atoms with Crippen molar-refractivity contribution in [3.63, 3.8) is 0 Å². The first-order valence-corrected chi connectivity index (χ1v) is 7.96. The van der Waals surface area contributed by atoms with Crippen LogP contribution >= 0.6 is 11.8 Å². The molecule has 1 atom stereocenters. The van der Waals surface area contributed by atoms with Crippen LogP contribution in [0.25, 0.3) is 11.5 Å². The second kappa shape index (κ2) is 6.31. The van der Waals surface area contributed by atoms with E-state index in [-0.39, 0.29) is 11.0 Å². The highest BCUT2D eigenvalue weighted by molar-refractivity contribution is 8.14. The molecule has 1 amide bonds. The van der Waals surface area contributed by atoms with Gasteiger partial charge in [0.25, 0.3) is 5.91 Å². The lowest BCUT2D eigenvalue weighted by Crippen LogP contribution is -2.38. The molecular weight excluding hydrogens is 345 g/mol. The summed E-state index contributed by atoms with van der Waals surface area (Å²) < 4.78 is 44.2. The molecule has 1 aliphatic heterocycles. The van der Waals surface area contributed by atoms with Gasteiger partial charge in [0.05, 0.1) is 6.04 Å². The number of oxazole rings is 1. The van der Waals surface area contributed by atoms with Crippen LogP contribution in [0.2, 0.25) is 0 Å². The monoisotopic (exact) mass is 356 g/mol. The Bertz CT molecular complexity index is 774. The van der Waals surface area contributed by atoms with Crippen LogP contribution in [0.1, 0.15) is 22.7 Å². The van der Waals surface area contributed by atoms with Crippen LogP contribution in [0, 0.1) is 0 Å². The highest BCUT2D eigenvalue weighted by Gasteiger charge is 2.42. The van der Waals surface area contributed by atoms with Crippen molar-refractivity contribution >= 4 is 22.8 Å². The minimum atomic E-state index is -4.87. The minimum absolute atomic E-state index is 0.274. The van der Waals surface area contributed by atoms with Crippen molar-refractivity contribution in [2.45, 2.75) is 18.6 Å². The number of carbonyl (C=O) groups excluding carboxylic acids is 2. The molecule has 0 radical (unpaired) electrons. The van der Waals surface area contributed by atoms with Crippen molar-refractivity contribution < 1.29 is 27.2 Å². The first-order valence-electron chi connectivity index (χ1n) is 6.97. The van der Waals surface area contributed by atoms with Gasteiger partial charge in [-0.2, -0.15) is 13.2 Å². The summed E-state index contributed by atoms with van der Waals surface area (Å²) in [7, 11) is 0. The Morgan fingerprint density at radius 1 is 1.29 bits per heavy atom. The van der Waals surface area contributed by atoms with E-state index in [1.807, 2.05) is 0 Å². The van der Waals surface area contributed by atoms with Crippen LogP contribution in [0.3, 0.4) is 0 Å². The van der Waals surface area contributed by atoms with Crippen LogP contribution in [-0.2, 0) is 11.0 Å². The summed E-state index contributed by atoms with van der Waals surface area (Å²) in [4.78, 5) is 27.4. The Morgan fingerprint density at radius 2 is 2.00 bits per heavy atom. The van der Waals surface area contributed by atoms with Gasteiger partial charge in [0.2, 0.25) is 16.8 Å². The molecule has 1 N–H and O–H groups in total. The standard InChI is InChI=1S/C15H11F3N2O3S/c16-15(17,18)11-10(12(21)19-9-6-7-24-14(9)22)20-13(23-11)8-4-2-1-3-5-8/h1-5,9H,6-7H2,(H,19,21). The normalized spacial score (nSPS) is 18.0. The van der Waals surface area contributed by atoms with Gasteiger partial charge < -0.3 is 9.73 Å². The maximum Gasteiger partial charge on any atom is 0.452 e. The SMILES string of the molecule is O=C(NC1CCSC1=O)c1nc(-c2ccccc2)oc1C(F)(F)F. The maximum absolute atomic E-state index is 13.1. The fraction of sp³-hybridized carbons (Fsp3) is 0.267. The van der Waals surface area contributed by atoms with Gasteiger partial charge in [0.1, 0.15) is 0 Å². The molecule has 2 heterocycles. The van der Waals surface area contributed by atoms with Gasteiger partial charge in [-0.05, 0) is 18.6 Å². The van der Waals surface area contributed by atoms with Gasteiger partial charge in [-0.15, -0.1) is 0 Å². The highest BCUT2D eigenvalue weighted by atomic mass is 32.2. The lowest BCUT2D eigenvalue weighted by Gasteiger charge is -2.09. The zero-order chi connectivity index (χ0) is 17.3. The largest absolute Gasteiger partial charge is 0.452 e. The summed E-state index contributed by atoms with van der Waals surface area (Å²) in [5, 5.41) is 2.02. The first kappa shape index (κ1) is 16.6. The lowest BCUT2D eigenvalue weighted by molar-refractivity contribution is -0.153. The van der Waals surface area contributed by atoms with Gasteiger partial charge in [-0.3, -0.25) is 9.59 Å². The van der Waals surface area contributed by atoms with Crippen molar-refractivity contribution in [3.05, 3.63) is 41.8 Å².